The van der Waals surface area contributed by atoms with Gasteiger partial charge < -0.3 is 5.32 Å². The Bertz CT molecular complexity index is 832. The summed E-state index contributed by atoms with van der Waals surface area (Å²) in [6.45, 7) is 0. The van der Waals surface area contributed by atoms with Gasteiger partial charge in [0.15, 0.2) is 0 Å². The summed E-state index contributed by atoms with van der Waals surface area (Å²) < 4.78 is 0. The van der Waals surface area contributed by atoms with Crippen molar-refractivity contribution in [2.24, 2.45) is 0 Å². The Labute approximate surface area is 144 Å². The van der Waals surface area contributed by atoms with Crippen molar-refractivity contribution in [3.63, 3.8) is 0 Å². The van der Waals surface area contributed by atoms with Crippen molar-refractivity contribution in [2.75, 3.05) is 17.3 Å². The van der Waals surface area contributed by atoms with Crippen LogP contribution in [0.4, 0.5) is 5.69 Å². The summed E-state index contributed by atoms with van der Waals surface area (Å²) in [5, 5.41) is 5.37. The lowest BCUT2D eigenvalue weighted by Gasteiger charge is -2.07. The zero-order valence-corrected chi connectivity index (χ0v) is 14.4. The minimum atomic E-state index is 0.0152. The lowest BCUT2D eigenvalue weighted by Crippen LogP contribution is -2.13. The number of fused-ring (bicyclic) bond motifs is 1. The van der Waals surface area contributed by atoms with Crippen LogP contribution in [-0.2, 0) is 4.79 Å². The number of anilines is 1. The van der Waals surface area contributed by atoms with E-state index in [0.29, 0.717) is 5.75 Å². The van der Waals surface area contributed by atoms with Crippen molar-refractivity contribution in [2.45, 2.75) is 9.79 Å². The molecular formula is C19H17NOS2. The maximum Gasteiger partial charge on any atom is 0.234 e. The highest BCUT2D eigenvalue weighted by atomic mass is 32.2. The Morgan fingerprint density at radius 1 is 0.913 bits per heavy atom. The number of hydrogen-bond acceptors (Lipinski definition) is 3. The minimum absolute atomic E-state index is 0.0152. The third-order valence-corrected chi connectivity index (χ3v) is 5.16. The van der Waals surface area contributed by atoms with Crippen LogP contribution in [0.1, 0.15) is 0 Å². The predicted octanol–water partition coefficient (Wildman–Crippen LogP) is 5.29. The molecule has 0 fully saturated rings. The predicted molar refractivity (Wildman–Crippen MR) is 102 cm³/mol. The van der Waals surface area contributed by atoms with Gasteiger partial charge in [-0.2, -0.15) is 0 Å². The summed E-state index contributed by atoms with van der Waals surface area (Å²) in [6, 6.07) is 22.4. The molecule has 0 aliphatic rings. The summed E-state index contributed by atoms with van der Waals surface area (Å²) >= 11 is 3.22. The van der Waals surface area contributed by atoms with Gasteiger partial charge in [-0.15, -0.1) is 23.5 Å². The van der Waals surface area contributed by atoms with Gasteiger partial charge in [-0.25, -0.2) is 0 Å². The molecule has 0 spiro atoms. The fourth-order valence-corrected chi connectivity index (χ4v) is 3.51. The van der Waals surface area contributed by atoms with Gasteiger partial charge in [0.1, 0.15) is 0 Å². The van der Waals surface area contributed by atoms with E-state index in [1.54, 1.807) is 23.5 Å². The van der Waals surface area contributed by atoms with Crippen molar-refractivity contribution in [1.82, 2.24) is 0 Å². The molecule has 0 aliphatic carbocycles. The fraction of sp³-hybridized carbons (Fsp3) is 0.105. The van der Waals surface area contributed by atoms with Gasteiger partial charge in [0, 0.05) is 15.5 Å². The third kappa shape index (κ3) is 4.30. The maximum absolute atomic E-state index is 12.1. The lowest BCUT2D eigenvalue weighted by atomic mass is 10.1. The van der Waals surface area contributed by atoms with E-state index in [9.17, 15) is 4.79 Å². The summed E-state index contributed by atoms with van der Waals surface area (Å²) in [5.41, 5.74) is 0.848. The molecule has 3 rings (SSSR count). The van der Waals surface area contributed by atoms with Crippen LogP contribution < -0.4 is 5.32 Å². The van der Waals surface area contributed by atoms with Crippen molar-refractivity contribution < 1.29 is 4.79 Å². The molecule has 0 radical (unpaired) electrons. The van der Waals surface area contributed by atoms with Gasteiger partial charge in [0.2, 0.25) is 5.91 Å². The van der Waals surface area contributed by atoms with Gasteiger partial charge in [0.05, 0.1) is 5.75 Å². The summed E-state index contributed by atoms with van der Waals surface area (Å²) in [4.78, 5) is 14.4. The normalized spacial score (nSPS) is 10.7. The average Bonchev–Trinajstić information content (AvgIpc) is 2.60. The average molecular weight is 339 g/mol. The topological polar surface area (TPSA) is 29.1 Å². The summed E-state index contributed by atoms with van der Waals surface area (Å²) in [6.07, 6.45) is 2.02. The van der Waals surface area contributed by atoms with Crippen LogP contribution >= 0.6 is 23.5 Å². The van der Waals surface area contributed by atoms with Gasteiger partial charge in [0.25, 0.3) is 0 Å². The molecule has 2 nitrogen and oxygen atoms in total. The van der Waals surface area contributed by atoms with E-state index < -0.39 is 0 Å². The van der Waals surface area contributed by atoms with Crippen LogP contribution in [0.5, 0.6) is 0 Å². The maximum atomic E-state index is 12.1. The van der Waals surface area contributed by atoms with Gasteiger partial charge in [-0.3, -0.25) is 4.79 Å². The Balaban J connectivity index is 1.61. The molecule has 1 amide bonds. The molecule has 3 aromatic rings. The Morgan fingerprint density at radius 3 is 2.57 bits per heavy atom. The van der Waals surface area contributed by atoms with Gasteiger partial charge in [-0.1, -0.05) is 36.4 Å². The first kappa shape index (κ1) is 16.0. The van der Waals surface area contributed by atoms with Crippen molar-refractivity contribution >= 4 is 45.9 Å². The lowest BCUT2D eigenvalue weighted by molar-refractivity contribution is -0.113. The second-order valence-corrected chi connectivity index (χ2v) is 7.01. The Morgan fingerprint density at radius 2 is 1.74 bits per heavy atom. The van der Waals surface area contributed by atoms with E-state index in [0.717, 1.165) is 15.5 Å². The molecule has 0 unspecified atom stereocenters. The van der Waals surface area contributed by atoms with E-state index in [4.69, 9.17) is 0 Å². The SMILES string of the molecule is CSc1cccc(NC(=O)CSc2ccc3ccccc3c2)c1. The number of carbonyl (C=O) groups excluding carboxylic acids is 1. The second kappa shape index (κ2) is 7.57. The minimum Gasteiger partial charge on any atom is -0.325 e. The van der Waals surface area contributed by atoms with Crippen LogP contribution in [0.3, 0.4) is 0 Å². The molecule has 1 N–H and O–H groups in total. The Hall–Kier alpha value is -1.91. The van der Waals surface area contributed by atoms with Crippen LogP contribution in [0.2, 0.25) is 0 Å². The summed E-state index contributed by atoms with van der Waals surface area (Å²) in [7, 11) is 0. The zero-order chi connectivity index (χ0) is 16.1. The van der Waals surface area contributed by atoms with Crippen molar-refractivity contribution in [3.05, 3.63) is 66.7 Å². The second-order valence-electron chi connectivity index (χ2n) is 5.08. The first-order valence-electron chi connectivity index (χ1n) is 7.30. The van der Waals surface area contributed by atoms with Gasteiger partial charge >= 0.3 is 0 Å². The molecule has 0 aliphatic heterocycles. The monoisotopic (exact) mass is 339 g/mol. The summed E-state index contributed by atoms with van der Waals surface area (Å²) in [5.74, 6) is 0.420. The number of nitrogens with one attached hydrogen (secondary N) is 1. The Kier molecular flexibility index (Phi) is 5.26. The number of amides is 1. The highest BCUT2D eigenvalue weighted by Gasteiger charge is 2.05. The number of rotatable bonds is 5. The molecule has 23 heavy (non-hydrogen) atoms. The highest BCUT2D eigenvalue weighted by Crippen LogP contribution is 2.24. The zero-order valence-electron chi connectivity index (χ0n) is 12.8. The van der Waals surface area contributed by atoms with E-state index >= 15 is 0 Å². The highest BCUT2D eigenvalue weighted by molar-refractivity contribution is 8.00. The largest absolute Gasteiger partial charge is 0.325 e. The van der Waals surface area contributed by atoms with Crippen LogP contribution in [-0.4, -0.2) is 17.9 Å². The third-order valence-electron chi connectivity index (χ3n) is 3.44. The molecular weight excluding hydrogens is 322 g/mol. The standard InChI is InChI=1S/C19H17NOS2/c1-22-17-8-4-7-16(12-17)20-19(21)13-23-18-10-9-14-5-2-3-6-15(14)11-18/h2-12H,13H2,1H3,(H,20,21). The van der Waals surface area contributed by atoms with Crippen LogP contribution in [0.25, 0.3) is 10.8 Å². The first-order valence-corrected chi connectivity index (χ1v) is 9.51. The molecule has 0 heterocycles. The van der Waals surface area contributed by atoms with E-state index in [1.807, 2.05) is 42.7 Å². The van der Waals surface area contributed by atoms with E-state index in [2.05, 4.69) is 35.6 Å². The van der Waals surface area contributed by atoms with Crippen LogP contribution in [0, 0.1) is 0 Å². The van der Waals surface area contributed by atoms with Gasteiger partial charge in [-0.05, 0) is 47.4 Å². The first-order chi connectivity index (χ1) is 11.2. The molecule has 0 atom stereocenters. The molecule has 4 heteroatoms. The smallest absolute Gasteiger partial charge is 0.234 e. The molecule has 0 saturated heterocycles. The number of carbonyl (C=O) groups is 1. The van der Waals surface area contributed by atoms with Crippen LogP contribution in [0.15, 0.2) is 76.5 Å². The molecule has 3 aromatic carbocycles. The molecule has 0 bridgehead atoms. The van der Waals surface area contributed by atoms with Crippen molar-refractivity contribution in [1.29, 1.82) is 0 Å². The molecule has 116 valence electrons. The quantitative estimate of drug-likeness (QED) is 0.640. The van der Waals surface area contributed by atoms with E-state index in [-0.39, 0.29) is 5.91 Å². The number of benzene rings is 3. The fourth-order valence-electron chi connectivity index (χ4n) is 2.30. The molecule has 0 saturated carbocycles. The molecule has 0 aromatic heterocycles. The van der Waals surface area contributed by atoms with E-state index in [1.165, 1.54) is 10.8 Å². The van der Waals surface area contributed by atoms with Crippen molar-refractivity contribution in [3.8, 4) is 0 Å². The number of thioether (sulfide) groups is 2. The number of hydrogen-bond donors (Lipinski definition) is 1.